The topological polar surface area (TPSA) is 67.3 Å². The maximum Gasteiger partial charge on any atom is 0.335 e. The summed E-state index contributed by atoms with van der Waals surface area (Å²) in [5.74, 6) is -0.926. The van der Waals surface area contributed by atoms with E-state index in [1.54, 1.807) is 24.4 Å². The Balaban J connectivity index is 1.66. The molecule has 164 valence electrons. The summed E-state index contributed by atoms with van der Waals surface area (Å²) in [5.41, 5.74) is 7.05. The van der Waals surface area contributed by atoms with Crippen molar-refractivity contribution in [2.75, 3.05) is 0 Å². The molecule has 4 rings (SSSR count). The van der Waals surface area contributed by atoms with Crippen molar-refractivity contribution in [2.45, 2.75) is 26.2 Å². The molecule has 0 saturated carbocycles. The first-order chi connectivity index (χ1) is 15.9. The summed E-state index contributed by atoms with van der Waals surface area (Å²) in [6, 6.07) is 26.8. The Kier molecular flexibility index (Phi) is 6.45. The monoisotopic (exact) mass is 435 g/mol. The lowest BCUT2D eigenvalue weighted by Gasteiger charge is -2.20. The molecule has 0 radical (unpaired) electrons. The van der Waals surface area contributed by atoms with E-state index in [4.69, 9.17) is 5.11 Å². The molecular formula is C29H25NO3. The average molecular weight is 436 g/mol. The molecule has 0 aliphatic heterocycles. The first-order valence-electron chi connectivity index (χ1n) is 10.9. The summed E-state index contributed by atoms with van der Waals surface area (Å²) in [6.07, 6.45) is 2.04. The summed E-state index contributed by atoms with van der Waals surface area (Å²) in [4.78, 5) is 28.5. The maximum atomic E-state index is 13.2. The van der Waals surface area contributed by atoms with Crippen LogP contribution in [0.1, 0.15) is 55.4 Å². The standard InChI is InChI=1S/C29H25NO3/c1-19-5-3-4-6-26(19)27(18-28(31)25-15-16-30-20(2)17-25)23-11-7-21(8-12-23)22-9-13-24(14-10-22)29(32)33/h3-17,27H,18H2,1-2H3,(H,32,33)/t27-/m1/s1. The molecule has 0 spiro atoms. The van der Waals surface area contributed by atoms with Crippen LogP contribution in [0.15, 0.2) is 91.1 Å². The molecule has 0 bridgehead atoms. The molecule has 0 amide bonds. The zero-order valence-corrected chi connectivity index (χ0v) is 18.7. The number of hydrogen-bond acceptors (Lipinski definition) is 3. The summed E-state index contributed by atoms with van der Waals surface area (Å²) in [6.45, 7) is 3.96. The van der Waals surface area contributed by atoms with Crippen LogP contribution in [0.4, 0.5) is 0 Å². The number of carboxylic acids is 1. The Morgan fingerprint density at radius 3 is 2.06 bits per heavy atom. The van der Waals surface area contributed by atoms with Crippen LogP contribution in [0.2, 0.25) is 0 Å². The summed E-state index contributed by atoms with van der Waals surface area (Å²) < 4.78 is 0. The van der Waals surface area contributed by atoms with Gasteiger partial charge in [0, 0.05) is 29.8 Å². The van der Waals surface area contributed by atoms with Crippen LogP contribution in [0.25, 0.3) is 11.1 Å². The molecule has 0 fully saturated rings. The van der Waals surface area contributed by atoms with Crippen molar-refractivity contribution >= 4 is 11.8 Å². The third-order valence-electron chi connectivity index (χ3n) is 5.95. The fourth-order valence-electron chi connectivity index (χ4n) is 4.12. The fourth-order valence-corrected chi connectivity index (χ4v) is 4.12. The molecule has 3 aromatic carbocycles. The van der Waals surface area contributed by atoms with E-state index in [0.29, 0.717) is 12.0 Å². The Hall–Kier alpha value is -4.05. The van der Waals surface area contributed by atoms with E-state index in [1.165, 1.54) is 0 Å². The third kappa shape index (κ3) is 5.07. The van der Waals surface area contributed by atoms with E-state index < -0.39 is 5.97 Å². The number of aryl methyl sites for hydroxylation is 2. The van der Waals surface area contributed by atoms with Crippen molar-refractivity contribution in [3.05, 3.63) is 125 Å². The minimum atomic E-state index is -0.938. The highest BCUT2D eigenvalue weighted by Gasteiger charge is 2.21. The Morgan fingerprint density at radius 2 is 1.45 bits per heavy atom. The van der Waals surface area contributed by atoms with Crippen LogP contribution in [0.3, 0.4) is 0 Å². The number of carbonyl (C=O) groups is 2. The maximum absolute atomic E-state index is 13.2. The summed E-state index contributed by atoms with van der Waals surface area (Å²) in [7, 11) is 0. The van der Waals surface area contributed by atoms with Gasteiger partial charge in [0.05, 0.1) is 5.56 Å². The van der Waals surface area contributed by atoms with Crippen molar-refractivity contribution in [3.63, 3.8) is 0 Å². The molecule has 0 aliphatic carbocycles. The number of carboxylic acid groups (broad SMARTS) is 1. The van der Waals surface area contributed by atoms with Gasteiger partial charge in [-0.2, -0.15) is 0 Å². The van der Waals surface area contributed by atoms with E-state index in [-0.39, 0.29) is 17.3 Å². The SMILES string of the molecule is Cc1cc(C(=O)C[C@H](c2ccc(-c3ccc(C(=O)O)cc3)cc2)c2ccccc2C)ccn1. The number of aromatic carboxylic acids is 1. The van der Waals surface area contributed by atoms with Gasteiger partial charge in [-0.05, 0) is 65.9 Å². The Labute approximate surface area is 193 Å². The fraction of sp³-hybridized carbons (Fsp3) is 0.138. The molecule has 33 heavy (non-hydrogen) atoms. The van der Waals surface area contributed by atoms with E-state index in [1.807, 2.05) is 49.4 Å². The van der Waals surface area contributed by atoms with Crippen molar-refractivity contribution in [1.29, 1.82) is 0 Å². The van der Waals surface area contributed by atoms with Crippen LogP contribution >= 0.6 is 0 Å². The number of hydrogen-bond donors (Lipinski definition) is 1. The normalized spacial score (nSPS) is 11.7. The van der Waals surface area contributed by atoms with Crippen molar-refractivity contribution in [3.8, 4) is 11.1 Å². The van der Waals surface area contributed by atoms with E-state index in [2.05, 4.69) is 36.2 Å². The smallest absolute Gasteiger partial charge is 0.335 e. The molecule has 4 aromatic rings. The Bertz CT molecular complexity index is 1290. The van der Waals surface area contributed by atoms with Crippen LogP contribution in [-0.2, 0) is 0 Å². The van der Waals surface area contributed by atoms with Crippen LogP contribution in [0, 0.1) is 13.8 Å². The van der Waals surface area contributed by atoms with Gasteiger partial charge in [0.2, 0.25) is 0 Å². The van der Waals surface area contributed by atoms with Crippen LogP contribution < -0.4 is 0 Å². The lowest BCUT2D eigenvalue weighted by atomic mass is 9.83. The van der Waals surface area contributed by atoms with Gasteiger partial charge in [-0.1, -0.05) is 60.7 Å². The number of ketones is 1. The molecule has 4 heteroatoms. The number of nitrogens with zero attached hydrogens (tertiary/aromatic N) is 1. The molecule has 0 unspecified atom stereocenters. The van der Waals surface area contributed by atoms with E-state index >= 15 is 0 Å². The molecular weight excluding hydrogens is 410 g/mol. The molecule has 1 heterocycles. The molecule has 0 aliphatic rings. The van der Waals surface area contributed by atoms with Crippen molar-refractivity contribution in [2.24, 2.45) is 0 Å². The minimum Gasteiger partial charge on any atom is -0.478 e. The van der Waals surface area contributed by atoms with Gasteiger partial charge in [0.15, 0.2) is 5.78 Å². The largest absolute Gasteiger partial charge is 0.478 e. The number of pyridine rings is 1. The number of benzene rings is 3. The van der Waals surface area contributed by atoms with Crippen molar-refractivity contribution < 1.29 is 14.7 Å². The summed E-state index contributed by atoms with van der Waals surface area (Å²) >= 11 is 0. The highest BCUT2D eigenvalue weighted by Crippen LogP contribution is 2.33. The lowest BCUT2D eigenvalue weighted by molar-refractivity contribution is 0.0696. The van der Waals surface area contributed by atoms with Gasteiger partial charge in [0.25, 0.3) is 0 Å². The highest BCUT2D eigenvalue weighted by molar-refractivity contribution is 5.97. The van der Waals surface area contributed by atoms with Gasteiger partial charge < -0.3 is 5.11 Å². The van der Waals surface area contributed by atoms with E-state index in [9.17, 15) is 9.59 Å². The van der Waals surface area contributed by atoms with Crippen LogP contribution in [0.5, 0.6) is 0 Å². The van der Waals surface area contributed by atoms with Gasteiger partial charge in [-0.15, -0.1) is 0 Å². The zero-order valence-electron chi connectivity index (χ0n) is 18.7. The number of carbonyl (C=O) groups excluding carboxylic acids is 1. The van der Waals surface area contributed by atoms with Crippen LogP contribution in [-0.4, -0.2) is 21.8 Å². The molecule has 1 N–H and O–H groups in total. The second-order valence-electron chi connectivity index (χ2n) is 8.23. The average Bonchev–Trinajstić information content (AvgIpc) is 2.83. The van der Waals surface area contributed by atoms with Gasteiger partial charge >= 0.3 is 5.97 Å². The second-order valence-corrected chi connectivity index (χ2v) is 8.23. The zero-order chi connectivity index (χ0) is 23.4. The Morgan fingerprint density at radius 1 is 0.818 bits per heavy atom. The van der Waals surface area contributed by atoms with Gasteiger partial charge in [0.1, 0.15) is 0 Å². The van der Waals surface area contributed by atoms with E-state index in [0.717, 1.165) is 33.5 Å². The highest BCUT2D eigenvalue weighted by atomic mass is 16.4. The number of Topliss-reactive ketones (excluding diaryl/α,β-unsaturated/α-hetero) is 1. The van der Waals surface area contributed by atoms with Gasteiger partial charge in [-0.25, -0.2) is 4.79 Å². The molecule has 0 saturated heterocycles. The minimum absolute atomic E-state index is 0.0735. The summed E-state index contributed by atoms with van der Waals surface area (Å²) in [5, 5.41) is 9.11. The molecule has 4 nitrogen and oxygen atoms in total. The number of rotatable bonds is 7. The third-order valence-corrected chi connectivity index (χ3v) is 5.95. The molecule has 1 atom stereocenters. The predicted molar refractivity (Wildman–Crippen MR) is 130 cm³/mol. The predicted octanol–water partition coefficient (Wildman–Crippen LogP) is 6.47. The lowest BCUT2D eigenvalue weighted by Crippen LogP contribution is -2.11. The first kappa shape index (κ1) is 22.2. The van der Waals surface area contributed by atoms with Gasteiger partial charge in [-0.3, -0.25) is 9.78 Å². The number of aromatic nitrogens is 1. The second kappa shape index (κ2) is 9.61. The molecule has 1 aromatic heterocycles. The first-order valence-corrected chi connectivity index (χ1v) is 10.9. The van der Waals surface area contributed by atoms with Crippen molar-refractivity contribution in [1.82, 2.24) is 4.98 Å². The quantitative estimate of drug-likeness (QED) is 0.338.